The van der Waals surface area contributed by atoms with Crippen LogP contribution in [-0.4, -0.2) is 60.1 Å². The Balaban J connectivity index is 2.80. The summed E-state index contributed by atoms with van der Waals surface area (Å²) in [6.07, 6.45) is 0. The van der Waals surface area contributed by atoms with Crippen molar-refractivity contribution in [2.45, 2.75) is 73.5 Å². The van der Waals surface area contributed by atoms with E-state index in [1.54, 1.807) is 6.92 Å². The number of aromatic nitrogens is 1. The molecule has 7 nitrogen and oxygen atoms in total. The van der Waals surface area contributed by atoms with Crippen LogP contribution in [0.15, 0.2) is 4.99 Å². The minimum absolute atomic E-state index is 0.0593. The monoisotopic (exact) mass is 411 g/mol. The van der Waals surface area contributed by atoms with E-state index < -0.39 is 0 Å². The molecule has 0 aliphatic carbocycles. The summed E-state index contributed by atoms with van der Waals surface area (Å²) in [5, 5.41) is 7.52. The van der Waals surface area contributed by atoms with Gasteiger partial charge in [-0.05, 0) is 55.4 Å². The van der Waals surface area contributed by atoms with E-state index in [0.717, 1.165) is 24.1 Å². The number of carbonyl (C=O) groups is 1. The molecule has 1 heterocycles. The number of esters is 1. The molecule has 2 N–H and O–H groups in total. The number of nitrogens with one attached hydrogen (secondary N) is 2. The third-order valence-electron chi connectivity index (χ3n) is 4.30. The summed E-state index contributed by atoms with van der Waals surface area (Å²) in [6, 6.07) is 0.921. The zero-order valence-corrected chi connectivity index (χ0v) is 19.4. The molecule has 1 aromatic rings. The molecule has 28 heavy (non-hydrogen) atoms. The molecule has 160 valence electrons. The second-order valence-corrected chi connectivity index (χ2v) is 8.27. The van der Waals surface area contributed by atoms with Gasteiger partial charge >= 0.3 is 5.97 Å². The Morgan fingerprint density at radius 3 is 2.39 bits per heavy atom. The van der Waals surface area contributed by atoms with Crippen LogP contribution in [0.3, 0.4) is 0 Å². The molecule has 0 bridgehead atoms. The van der Waals surface area contributed by atoms with Gasteiger partial charge in [0.25, 0.3) is 0 Å². The Labute approximate surface area is 174 Å². The number of rotatable bonds is 10. The number of hydrogen-bond donors (Lipinski definition) is 2. The van der Waals surface area contributed by atoms with E-state index in [1.807, 2.05) is 20.8 Å². The van der Waals surface area contributed by atoms with E-state index in [0.29, 0.717) is 35.8 Å². The molecule has 8 heteroatoms. The van der Waals surface area contributed by atoms with Gasteiger partial charge in [-0.1, -0.05) is 0 Å². The van der Waals surface area contributed by atoms with Gasteiger partial charge in [-0.2, -0.15) is 0 Å². The van der Waals surface area contributed by atoms with Crippen molar-refractivity contribution >= 4 is 23.3 Å². The maximum absolute atomic E-state index is 12.0. The summed E-state index contributed by atoms with van der Waals surface area (Å²) in [5.74, 6) is 0.451. The SMILES string of the molecule is CCNC(=NCCN(C(C)C)C(C)C)NC(C)c1nc(C)c(C(=O)OCC)s1. The maximum Gasteiger partial charge on any atom is 0.350 e. The highest BCUT2D eigenvalue weighted by Gasteiger charge is 2.20. The van der Waals surface area contributed by atoms with E-state index in [-0.39, 0.29) is 12.0 Å². The van der Waals surface area contributed by atoms with E-state index >= 15 is 0 Å². The number of carbonyl (C=O) groups excluding carboxylic acids is 1. The lowest BCUT2D eigenvalue weighted by Crippen LogP contribution is -2.41. The average Bonchev–Trinajstić information content (AvgIpc) is 3.00. The van der Waals surface area contributed by atoms with Crippen molar-refractivity contribution in [2.75, 3.05) is 26.2 Å². The molecule has 1 rings (SSSR count). The summed E-state index contributed by atoms with van der Waals surface area (Å²) in [5.41, 5.74) is 0.707. The van der Waals surface area contributed by atoms with Crippen molar-refractivity contribution in [2.24, 2.45) is 4.99 Å². The Bertz CT molecular complexity index is 635. The topological polar surface area (TPSA) is 78.9 Å². The van der Waals surface area contributed by atoms with Crippen LogP contribution in [0.1, 0.15) is 74.9 Å². The van der Waals surface area contributed by atoms with Crippen LogP contribution in [0.25, 0.3) is 0 Å². The highest BCUT2D eigenvalue weighted by atomic mass is 32.1. The molecule has 0 amide bonds. The minimum Gasteiger partial charge on any atom is -0.462 e. The second kappa shape index (κ2) is 12.0. The Morgan fingerprint density at radius 2 is 1.86 bits per heavy atom. The number of nitrogens with zero attached hydrogens (tertiary/aromatic N) is 3. The van der Waals surface area contributed by atoms with Crippen LogP contribution in [0.2, 0.25) is 0 Å². The molecule has 0 radical (unpaired) electrons. The molecule has 0 spiro atoms. The van der Waals surface area contributed by atoms with Gasteiger partial charge in [0.2, 0.25) is 0 Å². The zero-order chi connectivity index (χ0) is 21.3. The number of guanidine groups is 1. The largest absolute Gasteiger partial charge is 0.462 e. The van der Waals surface area contributed by atoms with E-state index in [4.69, 9.17) is 9.73 Å². The number of thiazole rings is 1. The first-order valence-corrected chi connectivity index (χ1v) is 11.0. The number of aryl methyl sites for hydroxylation is 1. The third-order valence-corrected chi connectivity index (χ3v) is 5.62. The average molecular weight is 412 g/mol. The van der Waals surface area contributed by atoms with Crippen molar-refractivity contribution < 1.29 is 9.53 Å². The summed E-state index contributed by atoms with van der Waals surface area (Å²) in [7, 11) is 0. The second-order valence-electron chi connectivity index (χ2n) is 7.24. The molecule has 0 aromatic carbocycles. The molecule has 1 atom stereocenters. The number of ether oxygens (including phenoxy) is 1. The van der Waals surface area contributed by atoms with Gasteiger partial charge in [0.1, 0.15) is 9.88 Å². The van der Waals surface area contributed by atoms with Gasteiger partial charge in [0.05, 0.1) is 24.9 Å². The molecule has 0 fully saturated rings. The standard InChI is InChI=1S/C20H37N5O2S/c1-9-21-20(22-11-12-25(13(3)4)14(5)6)24-16(8)18-23-15(7)17(28-18)19(26)27-10-2/h13-14,16H,9-12H2,1-8H3,(H2,21,22,24). The molecule has 0 aliphatic rings. The molecule has 0 saturated heterocycles. The first-order chi connectivity index (χ1) is 13.2. The molecule has 0 saturated carbocycles. The summed E-state index contributed by atoms with van der Waals surface area (Å²) in [6.45, 7) is 19.3. The van der Waals surface area contributed by atoms with Crippen molar-refractivity contribution in [3.05, 3.63) is 15.6 Å². The Kier molecular flexibility index (Phi) is 10.5. The van der Waals surface area contributed by atoms with Crippen LogP contribution in [0, 0.1) is 6.92 Å². The number of hydrogen-bond acceptors (Lipinski definition) is 6. The highest BCUT2D eigenvalue weighted by Crippen LogP contribution is 2.24. The molecule has 1 aromatic heterocycles. The van der Waals surface area contributed by atoms with Crippen molar-refractivity contribution in [1.82, 2.24) is 20.5 Å². The quantitative estimate of drug-likeness (QED) is 0.349. The predicted molar refractivity (Wildman–Crippen MR) is 117 cm³/mol. The van der Waals surface area contributed by atoms with Gasteiger partial charge in [0, 0.05) is 25.2 Å². The fraction of sp³-hybridized carbons (Fsp3) is 0.750. The van der Waals surface area contributed by atoms with Crippen molar-refractivity contribution in [3.63, 3.8) is 0 Å². The molecule has 1 unspecified atom stereocenters. The fourth-order valence-corrected chi connectivity index (χ4v) is 3.93. The summed E-state index contributed by atoms with van der Waals surface area (Å²) < 4.78 is 5.11. The summed E-state index contributed by atoms with van der Waals surface area (Å²) in [4.78, 5) is 24.3. The van der Waals surface area contributed by atoms with Gasteiger partial charge < -0.3 is 15.4 Å². The fourth-order valence-electron chi connectivity index (χ4n) is 2.97. The van der Waals surface area contributed by atoms with E-state index in [1.165, 1.54) is 11.3 Å². The third kappa shape index (κ3) is 7.39. The van der Waals surface area contributed by atoms with Crippen LogP contribution in [0.5, 0.6) is 0 Å². The first kappa shape index (κ1) is 24.4. The lowest BCUT2D eigenvalue weighted by Gasteiger charge is -2.29. The van der Waals surface area contributed by atoms with E-state index in [9.17, 15) is 4.79 Å². The zero-order valence-electron chi connectivity index (χ0n) is 18.6. The van der Waals surface area contributed by atoms with Crippen LogP contribution in [-0.2, 0) is 4.74 Å². The van der Waals surface area contributed by atoms with Crippen LogP contribution in [0.4, 0.5) is 0 Å². The van der Waals surface area contributed by atoms with Crippen LogP contribution >= 0.6 is 11.3 Å². The van der Waals surface area contributed by atoms with Gasteiger partial charge in [-0.3, -0.25) is 9.89 Å². The molecule has 0 aliphatic heterocycles. The Hall–Kier alpha value is -1.67. The lowest BCUT2D eigenvalue weighted by molar-refractivity contribution is 0.0531. The number of aliphatic imine (C=N–C) groups is 1. The van der Waals surface area contributed by atoms with Crippen LogP contribution < -0.4 is 10.6 Å². The summed E-state index contributed by atoms with van der Waals surface area (Å²) >= 11 is 1.37. The van der Waals surface area contributed by atoms with E-state index in [2.05, 4.69) is 48.2 Å². The smallest absolute Gasteiger partial charge is 0.350 e. The normalized spacial score (nSPS) is 13.3. The Morgan fingerprint density at radius 1 is 1.21 bits per heavy atom. The van der Waals surface area contributed by atoms with Gasteiger partial charge in [-0.25, -0.2) is 9.78 Å². The molecular formula is C20H37N5O2S. The predicted octanol–water partition coefficient (Wildman–Crippen LogP) is 3.36. The minimum atomic E-state index is -0.306. The first-order valence-electron chi connectivity index (χ1n) is 10.2. The van der Waals surface area contributed by atoms with Crippen molar-refractivity contribution in [1.29, 1.82) is 0 Å². The van der Waals surface area contributed by atoms with Gasteiger partial charge in [0.15, 0.2) is 5.96 Å². The van der Waals surface area contributed by atoms with Crippen molar-refractivity contribution in [3.8, 4) is 0 Å². The lowest BCUT2D eigenvalue weighted by atomic mass is 10.2. The highest BCUT2D eigenvalue weighted by molar-refractivity contribution is 7.13. The maximum atomic E-state index is 12.0. The van der Waals surface area contributed by atoms with Gasteiger partial charge in [-0.15, -0.1) is 11.3 Å². The molecular weight excluding hydrogens is 374 g/mol.